The Morgan fingerprint density at radius 3 is 2.56 bits per heavy atom. The Hall–Kier alpha value is -3.71. The predicted octanol–water partition coefficient (Wildman–Crippen LogP) is 0.0872. The number of halogens is 3. The number of amides is 1. The molecule has 3 heterocycles. The molecule has 3 aromatic rings. The van der Waals surface area contributed by atoms with Crippen molar-refractivity contribution in [2.45, 2.75) is 43.6 Å². The first-order valence-electron chi connectivity index (χ1n) is 11.1. The number of anilines is 1. The van der Waals surface area contributed by atoms with Gasteiger partial charge in [-0.2, -0.15) is 21.6 Å². The van der Waals surface area contributed by atoms with Gasteiger partial charge < -0.3 is 20.7 Å². The van der Waals surface area contributed by atoms with Gasteiger partial charge in [-0.3, -0.25) is 18.3 Å². The van der Waals surface area contributed by atoms with Crippen molar-refractivity contribution in [3.63, 3.8) is 0 Å². The largest absolute Gasteiger partial charge is 0.417 e. The first-order valence-corrected chi connectivity index (χ1v) is 12.5. The molecule has 39 heavy (non-hydrogen) atoms. The molecule has 2 aromatic heterocycles. The second-order valence-corrected chi connectivity index (χ2v) is 9.71. The van der Waals surface area contributed by atoms with Gasteiger partial charge in [0.2, 0.25) is 5.91 Å². The topological polar surface area (TPSA) is 209 Å². The number of carbonyl (C=O) groups excluding carboxylic acids is 2. The highest BCUT2D eigenvalue weighted by atomic mass is 32.2. The molecule has 0 spiro atoms. The minimum atomic E-state index is -4.79. The van der Waals surface area contributed by atoms with E-state index < -0.39 is 83.3 Å². The normalized spacial score (nSPS) is 21.8. The molecule has 1 aromatic carbocycles. The lowest BCUT2D eigenvalue weighted by Gasteiger charge is -2.16. The molecule has 18 heteroatoms. The Morgan fingerprint density at radius 2 is 1.85 bits per heavy atom. The zero-order valence-electron chi connectivity index (χ0n) is 19.6. The van der Waals surface area contributed by atoms with Crippen LogP contribution in [0.5, 0.6) is 0 Å². The molecule has 1 fully saturated rings. The Labute approximate surface area is 217 Å². The van der Waals surface area contributed by atoms with Crippen LogP contribution in [-0.2, 0) is 30.2 Å². The molecule has 1 aliphatic rings. The first kappa shape index (κ1) is 28.3. The molecule has 4 rings (SSSR count). The zero-order chi connectivity index (χ0) is 28.5. The summed E-state index contributed by atoms with van der Waals surface area (Å²) in [6, 6.07) is 3.99. The SMILES string of the molecule is Nc1ncnc2c1ncn2[C@@H]1O[C@H](COS(=O)(=O)NC(=O)CCC(=O)c2ccccc2C(F)(F)F)[C@@H](O)[C@H]1O. The highest BCUT2D eigenvalue weighted by Gasteiger charge is 2.45. The van der Waals surface area contributed by atoms with E-state index in [1.165, 1.54) is 21.7 Å². The maximum Gasteiger partial charge on any atom is 0.417 e. The monoisotopic (exact) mass is 574 g/mol. The average Bonchev–Trinajstić information content (AvgIpc) is 3.42. The van der Waals surface area contributed by atoms with Crippen LogP contribution in [-0.4, -0.2) is 74.8 Å². The van der Waals surface area contributed by atoms with Crippen molar-refractivity contribution in [3.8, 4) is 0 Å². The van der Waals surface area contributed by atoms with Crippen LogP contribution in [0.25, 0.3) is 11.2 Å². The number of ketones is 1. The van der Waals surface area contributed by atoms with Gasteiger partial charge in [0, 0.05) is 18.4 Å². The number of Topliss-reactive ketones (excluding diaryl/α,β-unsaturated/α-hetero) is 1. The number of ether oxygens (including phenoxy) is 1. The fourth-order valence-corrected chi connectivity index (χ4v) is 4.62. The molecule has 5 N–H and O–H groups in total. The van der Waals surface area contributed by atoms with Crippen molar-refractivity contribution < 1.29 is 50.3 Å². The van der Waals surface area contributed by atoms with E-state index in [9.17, 15) is 41.4 Å². The number of aromatic nitrogens is 4. The summed E-state index contributed by atoms with van der Waals surface area (Å²) in [5.41, 5.74) is 4.26. The average molecular weight is 574 g/mol. The van der Waals surface area contributed by atoms with Crippen molar-refractivity contribution >= 4 is 39.0 Å². The number of imidazole rings is 1. The summed E-state index contributed by atoms with van der Waals surface area (Å²) in [6.07, 6.45) is -9.70. The standard InChI is InChI=1S/C21H21F3N6O8S/c22-21(23,24)11-4-2-1-3-10(11)12(31)5-6-14(32)29-39(35,36)37-7-13-16(33)17(34)20(38-13)30-9-28-15-18(25)26-8-27-19(15)30/h1-4,8-9,13,16-17,20,33-34H,5-7H2,(H,29,32)(H2,25,26,27)/t13-,16-,17-,20-/m1/s1. The van der Waals surface area contributed by atoms with Gasteiger partial charge in [-0.15, -0.1) is 0 Å². The van der Waals surface area contributed by atoms with E-state index in [2.05, 4.69) is 19.1 Å². The van der Waals surface area contributed by atoms with Crippen LogP contribution >= 0.6 is 0 Å². The van der Waals surface area contributed by atoms with Gasteiger partial charge >= 0.3 is 16.5 Å². The minimum Gasteiger partial charge on any atom is -0.387 e. The van der Waals surface area contributed by atoms with Crippen LogP contribution in [0.2, 0.25) is 0 Å². The smallest absolute Gasteiger partial charge is 0.387 e. The van der Waals surface area contributed by atoms with Gasteiger partial charge in [0.05, 0.1) is 18.5 Å². The predicted molar refractivity (Wildman–Crippen MR) is 124 cm³/mol. The first-order chi connectivity index (χ1) is 18.3. The molecular formula is C21H21F3N6O8S. The summed E-state index contributed by atoms with van der Waals surface area (Å²) in [7, 11) is -4.78. The van der Waals surface area contributed by atoms with Crippen LogP contribution in [0.3, 0.4) is 0 Å². The lowest BCUT2D eigenvalue weighted by molar-refractivity contribution is -0.137. The highest BCUT2D eigenvalue weighted by molar-refractivity contribution is 7.85. The number of benzene rings is 1. The van der Waals surface area contributed by atoms with Crippen LogP contribution in [0.15, 0.2) is 36.9 Å². The molecule has 1 saturated heterocycles. The van der Waals surface area contributed by atoms with E-state index in [0.29, 0.717) is 6.07 Å². The molecule has 210 valence electrons. The summed E-state index contributed by atoms with van der Waals surface area (Å²) >= 11 is 0. The van der Waals surface area contributed by atoms with Crippen LogP contribution < -0.4 is 10.5 Å². The number of rotatable bonds is 9. The van der Waals surface area contributed by atoms with Crippen LogP contribution in [0.4, 0.5) is 19.0 Å². The molecule has 4 atom stereocenters. The van der Waals surface area contributed by atoms with Crippen LogP contribution in [0, 0.1) is 0 Å². The second-order valence-electron chi connectivity index (χ2n) is 8.36. The van der Waals surface area contributed by atoms with Gasteiger partial charge in [0.1, 0.15) is 30.2 Å². The van der Waals surface area contributed by atoms with Gasteiger partial charge in [-0.1, -0.05) is 18.2 Å². The lowest BCUT2D eigenvalue weighted by atomic mass is 10.00. The summed E-state index contributed by atoms with van der Waals surface area (Å²) in [5, 5.41) is 20.7. The number of nitrogens with one attached hydrogen (secondary N) is 1. The number of hydrogen-bond acceptors (Lipinski definition) is 12. The molecule has 0 radical (unpaired) electrons. The van der Waals surface area contributed by atoms with Gasteiger partial charge in [-0.25, -0.2) is 19.7 Å². The van der Waals surface area contributed by atoms with E-state index in [4.69, 9.17) is 10.5 Å². The molecule has 0 bridgehead atoms. The van der Waals surface area contributed by atoms with E-state index >= 15 is 0 Å². The number of aliphatic hydroxyl groups excluding tert-OH is 2. The van der Waals surface area contributed by atoms with Crippen molar-refractivity contribution in [2.75, 3.05) is 12.3 Å². The number of carbonyl (C=O) groups is 2. The molecule has 0 saturated carbocycles. The Bertz CT molecular complexity index is 1500. The van der Waals surface area contributed by atoms with Crippen molar-refractivity contribution in [3.05, 3.63) is 48.0 Å². The third-order valence-corrected chi connectivity index (χ3v) is 6.66. The number of nitrogen functional groups attached to an aromatic ring is 1. The maximum absolute atomic E-state index is 13.1. The summed E-state index contributed by atoms with van der Waals surface area (Å²) in [4.78, 5) is 36.1. The summed E-state index contributed by atoms with van der Waals surface area (Å²) in [5.74, 6) is -2.18. The number of hydrogen-bond donors (Lipinski definition) is 4. The molecule has 0 unspecified atom stereocenters. The summed E-state index contributed by atoms with van der Waals surface area (Å²) < 4.78 is 76.6. The van der Waals surface area contributed by atoms with Crippen LogP contribution in [0.1, 0.15) is 35.0 Å². The Morgan fingerprint density at radius 1 is 1.13 bits per heavy atom. The second kappa shape index (κ2) is 10.8. The molecule has 0 aliphatic carbocycles. The lowest BCUT2D eigenvalue weighted by Crippen LogP contribution is -2.37. The van der Waals surface area contributed by atoms with Gasteiger partial charge in [0.25, 0.3) is 0 Å². The van der Waals surface area contributed by atoms with E-state index in [0.717, 1.165) is 18.5 Å². The maximum atomic E-state index is 13.1. The van der Waals surface area contributed by atoms with Crippen molar-refractivity contribution in [1.82, 2.24) is 24.2 Å². The Kier molecular flexibility index (Phi) is 7.84. The quantitative estimate of drug-likeness (QED) is 0.251. The minimum absolute atomic E-state index is 0.0553. The van der Waals surface area contributed by atoms with Gasteiger partial charge in [-0.05, 0) is 6.07 Å². The fraction of sp³-hybridized carbons (Fsp3) is 0.381. The van der Waals surface area contributed by atoms with Crippen molar-refractivity contribution in [2.24, 2.45) is 0 Å². The third-order valence-electron chi connectivity index (χ3n) is 5.74. The number of aliphatic hydroxyl groups is 2. The van der Waals surface area contributed by atoms with Gasteiger partial charge in [0.15, 0.2) is 23.5 Å². The molecule has 1 aliphatic heterocycles. The van der Waals surface area contributed by atoms with E-state index in [1.54, 1.807) is 0 Å². The Balaban J connectivity index is 1.32. The number of alkyl halides is 3. The third kappa shape index (κ3) is 6.14. The molecule has 14 nitrogen and oxygen atoms in total. The van der Waals surface area contributed by atoms with E-state index in [1.807, 2.05) is 0 Å². The molecule has 1 amide bonds. The number of nitrogens with two attached hydrogens (primary N) is 1. The number of nitrogens with zero attached hydrogens (tertiary/aromatic N) is 4. The van der Waals surface area contributed by atoms with Crippen molar-refractivity contribution in [1.29, 1.82) is 0 Å². The molecular weight excluding hydrogens is 553 g/mol. The zero-order valence-corrected chi connectivity index (χ0v) is 20.5. The number of fused-ring (bicyclic) bond motifs is 1. The fourth-order valence-electron chi connectivity index (χ4n) is 3.86. The summed E-state index contributed by atoms with van der Waals surface area (Å²) in [6.45, 7) is -0.834. The van der Waals surface area contributed by atoms with E-state index in [-0.39, 0.29) is 17.0 Å². The highest BCUT2D eigenvalue weighted by Crippen LogP contribution is 2.33.